The van der Waals surface area contributed by atoms with Gasteiger partial charge in [-0.05, 0) is 31.6 Å². The predicted octanol–water partition coefficient (Wildman–Crippen LogP) is 15.5. The maximum atomic E-state index is 12.9. The molecule has 5 atom stereocenters. The van der Waals surface area contributed by atoms with Crippen molar-refractivity contribution in [3.05, 3.63) is 0 Å². The number of phosphoric ester groups is 2. The van der Waals surface area contributed by atoms with Crippen molar-refractivity contribution in [1.29, 1.82) is 0 Å². The summed E-state index contributed by atoms with van der Waals surface area (Å²) in [6.45, 7) is 6.97. The van der Waals surface area contributed by atoms with Crippen LogP contribution in [0.1, 0.15) is 285 Å². The van der Waals surface area contributed by atoms with Gasteiger partial charge < -0.3 is 33.8 Å². The first-order valence-electron chi connectivity index (χ1n) is 30.6. The van der Waals surface area contributed by atoms with E-state index in [-0.39, 0.29) is 25.7 Å². The van der Waals surface area contributed by atoms with Gasteiger partial charge in [0.05, 0.1) is 26.4 Å². The van der Waals surface area contributed by atoms with Gasteiger partial charge in [-0.1, -0.05) is 234 Å². The van der Waals surface area contributed by atoms with Crippen LogP contribution < -0.4 is 0 Å². The lowest BCUT2D eigenvalue weighted by Gasteiger charge is -2.21. The minimum atomic E-state index is -4.93. The van der Waals surface area contributed by atoms with Crippen LogP contribution in [0.4, 0.5) is 0 Å². The van der Waals surface area contributed by atoms with Crippen LogP contribution in [-0.4, -0.2) is 96.7 Å². The number of hydrogen-bond donors (Lipinski definition) is 3. The zero-order valence-corrected chi connectivity index (χ0v) is 50.9. The molecular weight excluding hydrogens is 1030 g/mol. The van der Waals surface area contributed by atoms with E-state index >= 15 is 0 Å². The molecule has 19 heteroatoms. The molecule has 0 rings (SSSR count). The van der Waals surface area contributed by atoms with Crippen molar-refractivity contribution < 1.29 is 80.2 Å². The van der Waals surface area contributed by atoms with Gasteiger partial charge in [0.25, 0.3) is 0 Å². The highest BCUT2D eigenvalue weighted by Gasteiger charge is 2.30. The average molecular weight is 1140 g/mol. The summed E-state index contributed by atoms with van der Waals surface area (Å²) in [6.07, 6.45) is 34.4. The molecule has 0 amide bonds. The number of carbonyl (C=O) groups is 4. The van der Waals surface area contributed by atoms with Crippen molar-refractivity contribution in [1.82, 2.24) is 0 Å². The van der Waals surface area contributed by atoms with Gasteiger partial charge in [0, 0.05) is 25.7 Å². The normalized spacial score (nSPS) is 14.4. The number of aliphatic hydroxyl groups excluding tert-OH is 1. The standard InChI is InChI=1S/C58H112O17P2/c1-6-9-12-15-16-28-33-37-42-56(61)69-48-54(75-58(63)44-39-34-29-26-24-22-20-18-17-19-21-23-25-27-32-35-40-51(4)5)50-73-77(66,67)71-46-52(59)45-70-76(64,65)72-49-53(74-57(62)43-38-31-14-11-8-3)47-68-55(60)41-36-30-13-10-7-2/h51-54,59H,6-50H2,1-5H3,(H,64,65)(H,66,67)/t52-,53+,54+/m0/s1. The monoisotopic (exact) mass is 1140 g/mol. The van der Waals surface area contributed by atoms with Crippen LogP contribution in [0.25, 0.3) is 0 Å². The molecule has 0 saturated heterocycles. The molecule has 0 aromatic rings. The molecule has 456 valence electrons. The van der Waals surface area contributed by atoms with Crippen LogP contribution in [0.15, 0.2) is 0 Å². The maximum absolute atomic E-state index is 12.9. The van der Waals surface area contributed by atoms with Crippen LogP contribution in [0, 0.1) is 5.92 Å². The number of ether oxygens (including phenoxy) is 4. The zero-order chi connectivity index (χ0) is 57.1. The van der Waals surface area contributed by atoms with Crippen LogP contribution in [0.5, 0.6) is 0 Å². The highest BCUT2D eigenvalue weighted by Crippen LogP contribution is 2.45. The number of rotatable bonds is 58. The Hall–Kier alpha value is -1.94. The van der Waals surface area contributed by atoms with Gasteiger partial charge in [-0.25, -0.2) is 9.13 Å². The summed E-state index contributed by atoms with van der Waals surface area (Å²) in [4.78, 5) is 71.3. The Morgan fingerprint density at radius 3 is 0.883 bits per heavy atom. The number of aliphatic hydroxyl groups is 1. The van der Waals surface area contributed by atoms with Crippen molar-refractivity contribution >= 4 is 39.5 Å². The Balaban J connectivity index is 5.02. The predicted molar refractivity (Wildman–Crippen MR) is 303 cm³/mol. The van der Waals surface area contributed by atoms with Crippen LogP contribution in [-0.2, 0) is 65.4 Å². The fourth-order valence-corrected chi connectivity index (χ4v) is 10.1. The Morgan fingerprint density at radius 1 is 0.351 bits per heavy atom. The molecule has 0 bridgehead atoms. The third-order valence-corrected chi connectivity index (χ3v) is 15.2. The lowest BCUT2D eigenvalue weighted by Crippen LogP contribution is -2.30. The maximum Gasteiger partial charge on any atom is 0.472 e. The first-order chi connectivity index (χ1) is 37.0. The molecule has 0 aromatic heterocycles. The molecule has 0 aromatic carbocycles. The number of phosphoric acid groups is 2. The third kappa shape index (κ3) is 53.2. The molecule has 0 aliphatic carbocycles. The van der Waals surface area contributed by atoms with E-state index in [4.69, 9.17) is 37.0 Å². The van der Waals surface area contributed by atoms with E-state index in [0.717, 1.165) is 109 Å². The summed E-state index contributed by atoms with van der Waals surface area (Å²) >= 11 is 0. The Labute approximate surface area is 467 Å². The molecule has 2 unspecified atom stereocenters. The van der Waals surface area contributed by atoms with Gasteiger partial charge in [-0.15, -0.1) is 0 Å². The molecule has 0 aliphatic heterocycles. The van der Waals surface area contributed by atoms with Gasteiger partial charge in [0.2, 0.25) is 0 Å². The molecule has 17 nitrogen and oxygen atoms in total. The Morgan fingerprint density at radius 2 is 0.597 bits per heavy atom. The van der Waals surface area contributed by atoms with E-state index in [1.54, 1.807) is 0 Å². The summed E-state index contributed by atoms with van der Waals surface area (Å²) < 4.78 is 67.2. The molecule has 3 N–H and O–H groups in total. The van der Waals surface area contributed by atoms with E-state index in [1.807, 2.05) is 0 Å². The Kier molecular flexibility index (Phi) is 50.8. The minimum absolute atomic E-state index is 0.0988. The summed E-state index contributed by atoms with van der Waals surface area (Å²) in [6, 6.07) is 0. The number of esters is 4. The van der Waals surface area contributed by atoms with Gasteiger partial charge in [0.1, 0.15) is 19.3 Å². The Bertz CT molecular complexity index is 1520. The number of hydrogen-bond acceptors (Lipinski definition) is 15. The molecule has 0 spiro atoms. The molecule has 0 fully saturated rings. The summed E-state index contributed by atoms with van der Waals surface area (Å²) in [7, 11) is -9.85. The molecule has 0 radical (unpaired) electrons. The van der Waals surface area contributed by atoms with Crippen molar-refractivity contribution in [3.8, 4) is 0 Å². The molecular formula is C58H112O17P2. The smallest absolute Gasteiger partial charge is 0.462 e. The van der Waals surface area contributed by atoms with Crippen molar-refractivity contribution in [3.63, 3.8) is 0 Å². The topological polar surface area (TPSA) is 237 Å². The number of carbonyl (C=O) groups excluding carboxylic acids is 4. The molecule has 0 aliphatic rings. The van der Waals surface area contributed by atoms with Gasteiger partial charge in [-0.3, -0.25) is 37.3 Å². The summed E-state index contributed by atoms with van der Waals surface area (Å²) in [5.74, 6) is -1.36. The minimum Gasteiger partial charge on any atom is -0.462 e. The molecule has 0 saturated carbocycles. The number of unbranched alkanes of at least 4 members (excludes halogenated alkanes) is 30. The van der Waals surface area contributed by atoms with Crippen molar-refractivity contribution in [2.45, 2.75) is 303 Å². The lowest BCUT2D eigenvalue weighted by atomic mass is 10.0. The second-order valence-electron chi connectivity index (χ2n) is 21.5. The van der Waals surface area contributed by atoms with Crippen molar-refractivity contribution in [2.24, 2.45) is 5.92 Å². The van der Waals surface area contributed by atoms with E-state index in [9.17, 15) is 43.2 Å². The summed E-state index contributed by atoms with van der Waals surface area (Å²) in [5.41, 5.74) is 0. The van der Waals surface area contributed by atoms with Crippen molar-refractivity contribution in [2.75, 3.05) is 39.6 Å². The van der Waals surface area contributed by atoms with E-state index in [2.05, 4.69) is 34.6 Å². The fourth-order valence-electron chi connectivity index (χ4n) is 8.52. The van der Waals surface area contributed by atoms with Crippen LogP contribution >= 0.6 is 15.6 Å². The molecule has 0 heterocycles. The molecule has 77 heavy (non-hydrogen) atoms. The van der Waals surface area contributed by atoms with Crippen LogP contribution in [0.2, 0.25) is 0 Å². The highest BCUT2D eigenvalue weighted by molar-refractivity contribution is 7.47. The fraction of sp³-hybridized carbons (Fsp3) is 0.931. The first-order valence-corrected chi connectivity index (χ1v) is 33.6. The van der Waals surface area contributed by atoms with Gasteiger partial charge in [-0.2, -0.15) is 0 Å². The zero-order valence-electron chi connectivity index (χ0n) is 49.1. The van der Waals surface area contributed by atoms with E-state index in [0.29, 0.717) is 25.7 Å². The first kappa shape index (κ1) is 75.1. The SMILES string of the molecule is CCCCCCCCCCC(=O)OC[C@H](COP(=O)(O)OC[C@@H](O)COP(=O)(O)OC[C@@H](COC(=O)CCCCCCC)OC(=O)CCCCCCC)OC(=O)CCCCCCCCCCCCCCCCCCC(C)C. The third-order valence-electron chi connectivity index (χ3n) is 13.3. The summed E-state index contributed by atoms with van der Waals surface area (Å²) in [5, 5.41) is 10.4. The van der Waals surface area contributed by atoms with Gasteiger partial charge in [0.15, 0.2) is 12.2 Å². The average Bonchev–Trinajstić information content (AvgIpc) is 3.39. The van der Waals surface area contributed by atoms with Crippen LogP contribution in [0.3, 0.4) is 0 Å². The second-order valence-corrected chi connectivity index (χ2v) is 24.4. The van der Waals surface area contributed by atoms with Gasteiger partial charge >= 0.3 is 39.5 Å². The highest BCUT2D eigenvalue weighted by atomic mass is 31.2. The van der Waals surface area contributed by atoms with E-state index < -0.39 is 97.5 Å². The largest absolute Gasteiger partial charge is 0.472 e. The van der Waals surface area contributed by atoms with E-state index in [1.165, 1.54) is 96.3 Å². The second kappa shape index (κ2) is 52.2. The quantitative estimate of drug-likeness (QED) is 0.0222. The lowest BCUT2D eigenvalue weighted by molar-refractivity contribution is -0.161.